The zero-order valence-corrected chi connectivity index (χ0v) is 10.8. The van der Waals surface area contributed by atoms with E-state index in [-0.39, 0.29) is 0 Å². The van der Waals surface area contributed by atoms with Crippen LogP contribution >= 0.6 is 0 Å². The topological polar surface area (TPSA) is 26.0 Å². The highest BCUT2D eigenvalue weighted by Crippen LogP contribution is 2.32. The predicted octanol–water partition coefficient (Wildman–Crippen LogP) is 4.02. The monoisotopic (exact) mass is 231 g/mol. The molecule has 2 rings (SSSR count). The number of hydrogen-bond donors (Lipinski definition) is 1. The molecule has 0 spiro atoms. The van der Waals surface area contributed by atoms with Crippen LogP contribution < -0.4 is 5.73 Å². The normalized spacial score (nSPS) is 17.2. The van der Waals surface area contributed by atoms with Gasteiger partial charge >= 0.3 is 0 Å². The summed E-state index contributed by atoms with van der Waals surface area (Å²) >= 11 is 0. The molecule has 1 nitrogen and oxygen atoms in total. The van der Waals surface area contributed by atoms with Crippen molar-refractivity contribution < 1.29 is 0 Å². The van der Waals surface area contributed by atoms with Crippen LogP contribution in [-0.2, 0) is 6.42 Å². The highest BCUT2D eigenvalue weighted by molar-refractivity contribution is 5.25. The van der Waals surface area contributed by atoms with Gasteiger partial charge in [-0.25, -0.2) is 0 Å². The minimum atomic E-state index is 0.820. The molecule has 94 valence electrons. The van der Waals surface area contributed by atoms with Gasteiger partial charge in [-0.15, -0.1) is 0 Å². The summed E-state index contributed by atoms with van der Waals surface area (Å²) in [5.74, 6) is 0.835. The molecule has 0 unspecified atom stereocenters. The zero-order valence-electron chi connectivity index (χ0n) is 10.8. The fourth-order valence-corrected chi connectivity index (χ4v) is 2.87. The van der Waals surface area contributed by atoms with E-state index in [4.69, 9.17) is 5.73 Å². The number of nitrogens with two attached hydrogens (primary N) is 1. The van der Waals surface area contributed by atoms with Gasteiger partial charge in [0.05, 0.1) is 0 Å². The van der Waals surface area contributed by atoms with Gasteiger partial charge < -0.3 is 5.73 Å². The molecule has 1 saturated carbocycles. The summed E-state index contributed by atoms with van der Waals surface area (Å²) in [6, 6.07) is 9.35. The van der Waals surface area contributed by atoms with Crippen molar-refractivity contribution in [3.05, 3.63) is 35.4 Å². The van der Waals surface area contributed by atoms with Crippen LogP contribution in [0.25, 0.3) is 0 Å². The lowest BCUT2D eigenvalue weighted by Gasteiger charge is -2.22. The molecule has 1 aromatic carbocycles. The number of unbranched alkanes of at least 4 members (excludes halogenated alkanes) is 1. The molecule has 1 aromatic rings. The molecule has 1 aliphatic rings. The van der Waals surface area contributed by atoms with Crippen molar-refractivity contribution in [2.24, 2.45) is 5.73 Å². The Labute approximate surface area is 105 Å². The second-order valence-electron chi connectivity index (χ2n) is 5.32. The first-order valence-electron chi connectivity index (χ1n) is 7.19. The van der Waals surface area contributed by atoms with Crippen LogP contribution in [0.2, 0.25) is 0 Å². The highest BCUT2D eigenvalue weighted by atomic mass is 14.5. The van der Waals surface area contributed by atoms with Crippen molar-refractivity contribution in [2.45, 2.75) is 57.3 Å². The molecule has 0 saturated heterocycles. The number of hydrogen-bond acceptors (Lipinski definition) is 1. The van der Waals surface area contributed by atoms with E-state index in [1.807, 2.05) is 0 Å². The fourth-order valence-electron chi connectivity index (χ4n) is 2.87. The van der Waals surface area contributed by atoms with E-state index in [2.05, 4.69) is 24.3 Å². The van der Waals surface area contributed by atoms with E-state index in [1.165, 1.54) is 50.5 Å². The van der Waals surface area contributed by atoms with Crippen molar-refractivity contribution in [1.29, 1.82) is 0 Å². The summed E-state index contributed by atoms with van der Waals surface area (Å²) in [6.45, 7) is 0.820. The van der Waals surface area contributed by atoms with Gasteiger partial charge in [0.25, 0.3) is 0 Å². The van der Waals surface area contributed by atoms with E-state index in [0.29, 0.717) is 0 Å². The molecule has 1 aliphatic carbocycles. The molecule has 1 heteroatoms. The third kappa shape index (κ3) is 3.85. The van der Waals surface area contributed by atoms with Gasteiger partial charge in [0.2, 0.25) is 0 Å². The molecule has 0 aromatic heterocycles. The van der Waals surface area contributed by atoms with Crippen LogP contribution in [0.1, 0.15) is 62.0 Å². The van der Waals surface area contributed by atoms with Gasteiger partial charge in [0, 0.05) is 0 Å². The van der Waals surface area contributed by atoms with Gasteiger partial charge in [-0.3, -0.25) is 0 Å². The lowest BCUT2D eigenvalue weighted by molar-refractivity contribution is 0.443. The number of benzene rings is 1. The molecule has 0 heterocycles. The highest BCUT2D eigenvalue weighted by Gasteiger charge is 2.14. The van der Waals surface area contributed by atoms with E-state index in [0.717, 1.165) is 18.9 Å². The minimum Gasteiger partial charge on any atom is -0.330 e. The van der Waals surface area contributed by atoms with Crippen LogP contribution in [0.15, 0.2) is 24.3 Å². The Morgan fingerprint density at radius 3 is 2.29 bits per heavy atom. The summed E-state index contributed by atoms with van der Waals surface area (Å²) in [7, 11) is 0. The van der Waals surface area contributed by atoms with Gasteiger partial charge in [-0.1, -0.05) is 43.5 Å². The summed E-state index contributed by atoms with van der Waals surface area (Å²) in [6.07, 6.45) is 10.6. The van der Waals surface area contributed by atoms with Crippen LogP contribution in [-0.4, -0.2) is 6.54 Å². The summed E-state index contributed by atoms with van der Waals surface area (Å²) in [5.41, 5.74) is 8.55. The van der Waals surface area contributed by atoms with Crippen molar-refractivity contribution in [3.63, 3.8) is 0 Å². The first-order chi connectivity index (χ1) is 8.40. The molecular weight excluding hydrogens is 206 g/mol. The van der Waals surface area contributed by atoms with E-state index in [1.54, 1.807) is 5.56 Å². The maximum Gasteiger partial charge on any atom is -0.00772 e. The standard InChI is InChI=1S/C16H25N/c17-13-5-4-6-14-9-11-16(12-10-14)15-7-2-1-3-8-15/h9-12,15H,1-8,13,17H2. The second kappa shape index (κ2) is 6.80. The van der Waals surface area contributed by atoms with Crippen molar-refractivity contribution in [3.8, 4) is 0 Å². The Morgan fingerprint density at radius 2 is 1.65 bits per heavy atom. The number of rotatable bonds is 5. The van der Waals surface area contributed by atoms with Crippen LogP contribution in [0.4, 0.5) is 0 Å². The van der Waals surface area contributed by atoms with Gasteiger partial charge in [-0.05, 0) is 55.7 Å². The Morgan fingerprint density at radius 1 is 0.941 bits per heavy atom. The van der Waals surface area contributed by atoms with Gasteiger partial charge in [-0.2, -0.15) is 0 Å². The molecule has 0 bridgehead atoms. The summed E-state index contributed by atoms with van der Waals surface area (Å²) in [4.78, 5) is 0. The lowest BCUT2D eigenvalue weighted by Crippen LogP contribution is -2.04. The van der Waals surface area contributed by atoms with Crippen LogP contribution in [0.5, 0.6) is 0 Å². The zero-order chi connectivity index (χ0) is 11.9. The second-order valence-corrected chi connectivity index (χ2v) is 5.32. The molecular formula is C16H25N. The molecule has 0 aliphatic heterocycles. The summed E-state index contributed by atoms with van der Waals surface area (Å²) < 4.78 is 0. The summed E-state index contributed by atoms with van der Waals surface area (Å²) in [5, 5.41) is 0. The molecule has 0 radical (unpaired) electrons. The first kappa shape index (κ1) is 12.6. The molecule has 2 N–H and O–H groups in total. The molecule has 1 fully saturated rings. The maximum absolute atomic E-state index is 5.51. The number of aryl methyl sites for hydroxylation is 1. The van der Waals surface area contributed by atoms with E-state index < -0.39 is 0 Å². The molecule has 0 atom stereocenters. The molecule has 0 amide bonds. The smallest absolute Gasteiger partial charge is 0.00772 e. The average Bonchev–Trinajstić information content (AvgIpc) is 2.41. The lowest BCUT2D eigenvalue weighted by atomic mass is 9.84. The molecule has 17 heavy (non-hydrogen) atoms. The fraction of sp³-hybridized carbons (Fsp3) is 0.625. The Kier molecular flexibility index (Phi) is 5.06. The van der Waals surface area contributed by atoms with Gasteiger partial charge in [0.1, 0.15) is 0 Å². The van der Waals surface area contributed by atoms with Crippen molar-refractivity contribution in [2.75, 3.05) is 6.54 Å². The Hall–Kier alpha value is -0.820. The predicted molar refractivity (Wildman–Crippen MR) is 74.3 cm³/mol. The Balaban J connectivity index is 1.88. The largest absolute Gasteiger partial charge is 0.330 e. The van der Waals surface area contributed by atoms with Crippen molar-refractivity contribution in [1.82, 2.24) is 0 Å². The minimum absolute atomic E-state index is 0.820. The van der Waals surface area contributed by atoms with Gasteiger partial charge in [0.15, 0.2) is 0 Å². The maximum atomic E-state index is 5.51. The van der Waals surface area contributed by atoms with Crippen LogP contribution in [0.3, 0.4) is 0 Å². The third-order valence-corrected chi connectivity index (χ3v) is 3.98. The average molecular weight is 231 g/mol. The third-order valence-electron chi connectivity index (χ3n) is 3.98. The van der Waals surface area contributed by atoms with Crippen molar-refractivity contribution >= 4 is 0 Å². The van der Waals surface area contributed by atoms with Crippen LogP contribution in [0, 0.1) is 0 Å². The van der Waals surface area contributed by atoms with E-state index in [9.17, 15) is 0 Å². The SMILES string of the molecule is NCCCCc1ccc(C2CCCCC2)cc1. The quantitative estimate of drug-likeness (QED) is 0.761. The van der Waals surface area contributed by atoms with E-state index >= 15 is 0 Å². The first-order valence-corrected chi connectivity index (χ1v) is 7.19. The Bertz CT molecular complexity index is 309.